The number of allylic oxidation sites excluding steroid dienone is 2. The summed E-state index contributed by atoms with van der Waals surface area (Å²) in [4.78, 5) is 11.8. The molecular formula is C22H36F2O4S. The molecule has 0 aromatic carbocycles. The van der Waals surface area contributed by atoms with Crippen LogP contribution in [0, 0.1) is 23.2 Å². The molecule has 7 heteroatoms. The summed E-state index contributed by atoms with van der Waals surface area (Å²) in [7, 11) is -5.72. The van der Waals surface area contributed by atoms with Crippen LogP contribution >= 0.6 is 0 Å². The van der Waals surface area contributed by atoms with E-state index in [1.807, 2.05) is 6.92 Å². The zero-order chi connectivity index (χ0) is 21.9. The molecule has 4 nitrogen and oxygen atoms in total. The molecule has 1 N–H and O–H groups in total. The minimum Gasteiger partial charge on any atom is -0.292 e. The summed E-state index contributed by atoms with van der Waals surface area (Å²) in [5, 5.41) is -4.72. The van der Waals surface area contributed by atoms with Crippen LogP contribution in [0.5, 0.6) is 0 Å². The Bertz CT molecular complexity index is 716. The molecule has 4 atom stereocenters. The number of Topliss-reactive ketones (excluding diaryl/α,β-unsaturated/α-hetero) is 1. The van der Waals surface area contributed by atoms with Crippen molar-refractivity contribution in [3.8, 4) is 0 Å². The van der Waals surface area contributed by atoms with Crippen molar-refractivity contribution in [2.45, 2.75) is 96.7 Å². The number of hydrogen-bond acceptors (Lipinski definition) is 3. The average Bonchev–Trinajstić information content (AvgIpc) is 2.62. The molecule has 0 heterocycles. The van der Waals surface area contributed by atoms with Gasteiger partial charge in [-0.3, -0.25) is 9.35 Å². The van der Waals surface area contributed by atoms with Crippen molar-refractivity contribution in [3.05, 3.63) is 11.6 Å². The van der Waals surface area contributed by atoms with E-state index >= 15 is 0 Å². The fourth-order valence-corrected chi connectivity index (χ4v) is 5.50. The Labute approximate surface area is 174 Å². The number of halogens is 2. The van der Waals surface area contributed by atoms with E-state index in [1.165, 1.54) is 12.8 Å². The lowest BCUT2D eigenvalue weighted by Gasteiger charge is -2.39. The van der Waals surface area contributed by atoms with Gasteiger partial charge in [0.2, 0.25) is 5.78 Å². The van der Waals surface area contributed by atoms with E-state index in [1.54, 1.807) is 5.57 Å². The highest BCUT2D eigenvalue weighted by molar-refractivity contribution is 7.87. The maximum Gasteiger partial charge on any atom is 0.426 e. The molecule has 0 aromatic rings. The molecule has 0 saturated heterocycles. The van der Waals surface area contributed by atoms with E-state index in [2.05, 4.69) is 19.9 Å². The normalized spacial score (nSPS) is 32.2. The molecule has 0 aromatic heterocycles. The number of rotatable bonds is 7. The van der Waals surface area contributed by atoms with Gasteiger partial charge in [0, 0.05) is 6.42 Å². The zero-order valence-electron chi connectivity index (χ0n) is 17.9. The fourth-order valence-electron chi connectivity index (χ4n) is 5.11. The van der Waals surface area contributed by atoms with Crippen LogP contribution < -0.4 is 0 Å². The summed E-state index contributed by atoms with van der Waals surface area (Å²) in [5.74, 6) is 0.108. The highest BCUT2D eigenvalue weighted by Gasteiger charge is 2.51. The number of carbonyl (C=O) groups is 1. The van der Waals surface area contributed by atoms with Gasteiger partial charge in [-0.15, -0.1) is 0 Å². The minimum atomic E-state index is -5.72. The first kappa shape index (κ1) is 24.4. The third-order valence-corrected chi connectivity index (χ3v) is 8.02. The summed E-state index contributed by atoms with van der Waals surface area (Å²) in [6.07, 6.45) is 11.6. The van der Waals surface area contributed by atoms with Gasteiger partial charge in [0.25, 0.3) is 0 Å². The van der Waals surface area contributed by atoms with Gasteiger partial charge >= 0.3 is 15.4 Å². The maximum atomic E-state index is 13.6. The Hall–Kier alpha value is -0.820. The molecule has 1 saturated carbocycles. The summed E-state index contributed by atoms with van der Waals surface area (Å²) in [6.45, 7) is 6.47. The van der Waals surface area contributed by atoms with E-state index in [-0.39, 0.29) is 11.8 Å². The van der Waals surface area contributed by atoms with Crippen LogP contribution in [0.15, 0.2) is 11.6 Å². The molecule has 0 amide bonds. The molecule has 2 aliphatic carbocycles. The van der Waals surface area contributed by atoms with Gasteiger partial charge < -0.3 is 0 Å². The van der Waals surface area contributed by atoms with Crippen molar-refractivity contribution in [3.63, 3.8) is 0 Å². The molecule has 4 unspecified atom stereocenters. The van der Waals surface area contributed by atoms with Crippen molar-refractivity contribution in [2.24, 2.45) is 23.2 Å². The molecule has 0 radical (unpaired) electrons. The van der Waals surface area contributed by atoms with Gasteiger partial charge in [-0.05, 0) is 74.5 Å². The standard InChI is InChI=1S/C22H36F2O4S/c1-4-17-14-19(18-9-7-16(2)8-10-18)6-5-12-21(3,15-17)13-11-20(25)22(23,24)29(26,27)28/h9,16-17,19H,4-8,10-15H2,1-3H3,(H,26,27,28). The van der Waals surface area contributed by atoms with Gasteiger partial charge in [-0.2, -0.15) is 17.2 Å². The quantitative estimate of drug-likeness (QED) is 0.384. The van der Waals surface area contributed by atoms with Crippen LogP contribution in [-0.4, -0.2) is 24.0 Å². The Morgan fingerprint density at radius 1 is 1.34 bits per heavy atom. The first-order valence-electron chi connectivity index (χ1n) is 10.9. The number of carbonyl (C=O) groups excluding carboxylic acids is 1. The summed E-state index contributed by atoms with van der Waals surface area (Å²) >= 11 is 0. The zero-order valence-corrected chi connectivity index (χ0v) is 18.7. The average molecular weight is 435 g/mol. The lowest BCUT2D eigenvalue weighted by Crippen LogP contribution is -2.38. The topological polar surface area (TPSA) is 71.4 Å². The summed E-state index contributed by atoms with van der Waals surface area (Å²) < 4.78 is 57.4. The second-order valence-electron chi connectivity index (χ2n) is 9.69. The molecule has 2 aliphatic rings. The highest BCUT2D eigenvalue weighted by Crippen LogP contribution is 2.45. The third kappa shape index (κ3) is 6.33. The van der Waals surface area contributed by atoms with Crippen LogP contribution in [0.25, 0.3) is 0 Å². The van der Waals surface area contributed by atoms with Crippen molar-refractivity contribution >= 4 is 15.9 Å². The van der Waals surface area contributed by atoms with Crippen molar-refractivity contribution < 1.29 is 26.5 Å². The lowest BCUT2D eigenvalue weighted by atomic mass is 9.67. The lowest BCUT2D eigenvalue weighted by molar-refractivity contribution is -0.134. The fraction of sp³-hybridized carbons (Fsp3) is 0.864. The predicted octanol–water partition coefficient (Wildman–Crippen LogP) is 6.18. The molecule has 168 valence electrons. The number of ketones is 1. The Morgan fingerprint density at radius 3 is 2.59 bits per heavy atom. The molecule has 2 rings (SSSR count). The second kappa shape index (κ2) is 9.54. The van der Waals surface area contributed by atoms with Crippen LogP contribution in [0.3, 0.4) is 0 Å². The van der Waals surface area contributed by atoms with Gasteiger partial charge in [0.1, 0.15) is 0 Å². The van der Waals surface area contributed by atoms with Gasteiger partial charge in [-0.1, -0.05) is 45.3 Å². The predicted molar refractivity (Wildman–Crippen MR) is 110 cm³/mol. The summed E-state index contributed by atoms with van der Waals surface area (Å²) in [5.41, 5.74) is 1.32. The Balaban J connectivity index is 2.02. The van der Waals surface area contributed by atoms with Crippen LogP contribution in [0.4, 0.5) is 8.78 Å². The van der Waals surface area contributed by atoms with Crippen molar-refractivity contribution in [1.82, 2.24) is 0 Å². The van der Waals surface area contributed by atoms with E-state index in [4.69, 9.17) is 4.55 Å². The van der Waals surface area contributed by atoms with Crippen molar-refractivity contribution in [1.29, 1.82) is 0 Å². The van der Waals surface area contributed by atoms with Crippen LogP contribution in [0.2, 0.25) is 0 Å². The van der Waals surface area contributed by atoms with E-state index in [0.717, 1.165) is 50.9 Å². The van der Waals surface area contributed by atoms with Crippen LogP contribution in [0.1, 0.15) is 91.4 Å². The third-order valence-electron chi connectivity index (χ3n) is 7.15. The molecular weight excluding hydrogens is 398 g/mol. The molecule has 0 aliphatic heterocycles. The van der Waals surface area contributed by atoms with E-state index in [0.29, 0.717) is 11.8 Å². The Morgan fingerprint density at radius 2 is 2.03 bits per heavy atom. The smallest absolute Gasteiger partial charge is 0.292 e. The number of hydrogen-bond donors (Lipinski definition) is 1. The second-order valence-corrected chi connectivity index (χ2v) is 11.2. The van der Waals surface area contributed by atoms with E-state index < -0.39 is 27.6 Å². The SMILES string of the molecule is CCC1CC(C2=CCC(C)CC2)CCCC(C)(CCC(=O)C(F)(F)S(=O)(=O)O)C1. The molecule has 1 fully saturated rings. The van der Waals surface area contributed by atoms with Gasteiger partial charge in [0.15, 0.2) is 0 Å². The largest absolute Gasteiger partial charge is 0.426 e. The first-order chi connectivity index (χ1) is 13.4. The highest BCUT2D eigenvalue weighted by atomic mass is 32.2. The van der Waals surface area contributed by atoms with Crippen LogP contribution in [-0.2, 0) is 14.9 Å². The molecule has 29 heavy (non-hydrogen) atoms. The van der Waals surface area contributed by atoms with Gasteiger partial charge in [0.05, 0.1) is 0 Å². The Kier molecular flexibility index (Phi) is 8.05. The number of alkyl halides is 2. The molecule has 0 bridgehead atoms. The van der Waals surface area contributed by atoms with E-state index in [9.17, 15) is 22.0 Å². The van der Waals surface area contributed by atoms with Crippen molar-refractivity contribution in [2.75, 3.05) is 0 Å². The molecule has 0 spiro atoms. The minimum absolute atomic E-state index is 0.221. The monoisotopic (exact) mass is 434 g/mol. The van der Waals surface area contributed by atoms with Gasteiger partial charge in [-0.25, -0.2) is 0 Å². The first-order valence-corrected chi connectivity index (χ1v) is 12.4. The maximum absolute atomic E-state index is 13.6. The summed E-state index contributed by atoms with van der Waals surface area (Å²) in [6, 6.07) is 0.